The molecule has 2 rings (SSSR count). The summed E-state index contributed by atoms with van der Waals surface area (Å²) in [6.07, 6.45) is -2.01. The van der Waals surface area contributed by atoms with Crippen molar-refractivity contribution in [3.05, 3.63) is 16.1 Å². The average Bonchev–Trinajstić information content (AvgIpc) is 2.86. The molecular weight excluding hydrogens is 263 g/mol. The third kappa shape index (κ3) is 3.02. The van der Waals surface area contributed by atoms with Crippen molar-refractivity contribution in [3.8, 4) is 0 Å². The van der Waals surface area contributed by atoms with E-state index in [1.165, 1.54) is 6.20 Å². The largest absolute Gasteiger partial charge is 0.443 e. The Morgan fingerprint density at radius 3 is 2.78 bits per heavy atom. The fourth-order valence-corrected chi connectivity index (χ4v) is 2.98. The standard InChI is InChI=1S/C11H16F3N3S/c1-10(6-15)2-3-17(7-10)5-8-4-16-9(18-8)11(12,13)14/h4H,2-3,5-7,15H2,1H3. The van der Waals surface area contributed by atoms with E-state index >= 15 is 0 Å². The highest BCUT2D eigenvalue weighted by Gasteiger charge is 2.36. The molecule has 1 aromatic heterocycles. The van der Waals surface area contributed by atoms with Gasteiger partial charge in [-0.25, -0.2) is 4.98 Å². The van der Waals surface area contributed by atoms with Crippen molar-refractivity contribution in [2.45, 2.75) is 26.1 Å². The Morgan fingerprint density at radius 2 is 2.28 bits per heavy atom. The van der Waals surface area contributed by atoms with E-state index in [0.717, 1.165) is 30.8 Å². The topological polar surface area (TPSA) is 42.1 Å². The van der Waals surface area contributed by atoms with Gasteiger partial charge in [0, 0.05) is 24.2 Å². The molecule has 3 nitrogen and oxygen atoms in total. The second kappa shape index (κ2) is 4.79. The molecule has 1 saturated heterocycles. The van der Waals surface area contributed by atoms with Crippen molar-refractivity contribution in [2.75, 3.05) is 19.6 Å². The smallest absolute Gasteiger partial charge is 0.330 e. The number of nitrogens with two attached hydrogens (primary N) is 1. The monoisotopic (exact) mass is 279 g/mol. The molecule has 0 aromatic carbocycles. The first-order valence-corrected chi connectivity index (χ1v) is 6.58. The van der Waals surface area contributed by atoms with Crippen LogP contribution in [0.25, 0.3) is 0 Å². The molecular formula is C11H16F3N3S. The Morgan fingerprint density at radius 1 is 1.56 bits per heavy atom. The van der Waals surface area contributed by atoms with Crippen LogP contribution in [-0.4, -0.2) is 29.5 Å². The van der Waals surface area contributed by atoms with Crippen LogP contribution in [0.1, 0.15) is 23.2 Å². The van der Waals surface area contributed by atoms with Crippen LogP contribution in [0.3, 0.4) is 0 Å². The van der Waals surface area contributed by atoms with Gasteiger partial charge in [-0.2, -0.15) is 13.2 Å². The number of likely N-dealkylation sites (tertiary alicyclic amines) is 1. The van der Waals surface area contributed by atoms with Crippen LogP contribution < -0.4 is 5.73 Å². The number of halogens is 3. The summed E-state index contributed by atoms with van der Waals surface area (Å²) in [4.78, 5) is 6.22. The van der Waals surface area contributed by atoms with Gasteiger partial charge in [-0.3, -0.25) is 4.90 Å². The lowest BCUT2D eigenvalue weighted by Gasteiger charge is -2.22. The quantitative estimate of drug-likeness (QED) is 0.923. The van der Waals surface area contributed by atoms with Crippen molar-refractivity contribution in [3.63, 3.8) is 0 Å². The Balaban J connectivity index is 1.97. The zero-order valence-corrected chi connectivity index (χ0v) is 10.9. The average molecular weight is 279 g/mol. The number of alkyl halides is 3. The maximum Gasteiger partial charge on any atom is 0.443 e. The molecule has 102 valence electrons. The lowest BCUT2D eigenvalue weighted by molar-refractivity contribution is -0.137. The van der Waals surface area contributed by atoms with Gasteiger partial charge in [-0.05, 0) is 24.9 Å². The number of nitrogens with zero attached hydrogens (tertiary/aromatic N) is 2. The molecule has 1 unspecified atom stereocenters. The molecule has 1 atom stereocenters. The van der Waals surface area contributed by atoms with Crippen LogP contribution in [-0.2, 0) is 12.7 Å². The predicted molar refractivity (Wildman–Crippen MR) is 64.2 cm³/mol. The number of hydrogen-bond acceptors (Lipinski definition) is 4. The molecule has 2 N–H and O–H groups in total. The molecule has 1 aliphatic rings. The minimum Gasteiger partial charge on any atom is -0.330 e. The molecule has 0 bridgehead atoms. The first kappa shape index (κ1) is 13.8. The summed E-state index contributed by atoms with van der Waals surface area (Å²) in [6, 6.07) is 0. The summed E-state index contributed by atoms with van der Waals surface area (Å²) in [7, 11) is 0. The van der Waals surface area contributed by atoms with E-state index < -0.39 is 11.2 Å². The van der Waals surface area contributed by atoms with Gasteiger partial charge in [0.1, 0.15) is 0 Å². The zero-order valence-electron chi connectivity index (χ0n) is 10.1. The van der Waals surface area contributed by atoms with E-state index in [1.807, 2.05) is 0 Å². The van der Waals surface area contributed by atoms with Crippen molar-refractivity contribution in [1.29, 1.82) is 0 Å². The number of rotatable bonds is 3. The summed E-state index contributed by atoms with van der Waals surface area (Å²) in [5, 5.41) is -0.765. The highest BCUT2D eigenvalue weighted by molar-refractivity contribution is 7.11. The summed E-state index contributed by atoms with van der Waals surface area (Å²) in [6.45, 7) is 4.97. The number of hydrogen-bond donors (Lipinski definition) is 1. The van der Waals surface area contributed by atoms with E-state index in [2.05, 4.69) is 16.8 Å². The van der Waals surface area contributed by atoms with Gasteiger partial charge in [0.15, 0.2) is 5.01 Å². The first-order valence-electron chi connectivity index (χ1n) is 5.77. The SMILES string of the molecule is CC1(CN)CCN(Cc2cnc(C(F)(F)F)s2)C1. The third-order valence-corrected chi connectivity index (χ3v) is 4.33. The highest BCUT2D eigenvalue weighted by atomic mass is 32.1. The lowest BCUT2D eigenvalue weighted by atomic mass is 9.90. The van der Waals surface area contributed by atoms with E-state index in [4.69, 9.17) is 5.73 Å². The lowest BCUT2D eigenvalue weighted by Crippen LogP contribution is -2.30. The van der Waals surface area contributed by atoms with Gasteiger partial charge >= 0.3 is 6.18 Å². The molecule has 0 saturated carbocycles. The fourth-order valence-electron chi connectivity index (χ4n) is 2.16. The highest BCUT2D eigenvalue weighted by Crippen LogP contribution is 2.34. The summed E-state index contributed by atoms with van der Waals surface area (Å²) in [5.74, 6) is 0. The first-order chi connectivity index (χ1) is 8.32. The molecule has 0 amide bonds. The van der Waals surface area contributed by atoms with Crippen LogP contribution in [0.4, 0.5) is 13.2 Å². The Bertz CT molecular complexity index is 418. The molecule has 2 heterocycles. The maximum absolute atomic E-state index is 12.4. The summed E-state index contributed by atoms with van der Waals surface area (Å²) >= 11 is 0.725. The van der Waals surface area contributed by atoms with Crippen molar-refractivity contribution < 1.29 is 13.2 Å². The van der Waals surface area contributed by atoms with Crippen molar-refractivity contribution >= 4 is 11.3 Å². The van der Waals surface area contributed by atoms with Gasteiger partial charge < -0.3 is 5.73 Å². The summed E-state index contributed by atoms with van der Waals surface area (Å²) in [5.41, 5.74) is 5.79. The van der Waals surface area contributed by atoms with Gasteiger partial charge in [-0.15, -0.1) is 11.3 Å². The number of aromatic nitrogens is 1. The zero-order chi connectivity index (χ0) is 13.4. The Hall–Kier alpha value is -0.660. The number of thiazole rings is 1. The molecule has 18 heavy (non-hydrogen) atoms. The second-order valence-corrected chi connectivity index (χ2v) is 6.22. The van der Waals surface area contributed by atoms with Crippen LogP contribution in [0.15, 0.2) is 6.20 Å². The van der Waals surface area contributed by atoms with Gasteiger partial charge in [0.25, 0.3) is 0 Å². The molecule has 1 aromatic rings. The van der Waals surface area contributed by atoms with E-state index in [9.17, 15) is 13.2 Å². The predicted octanol–water partition coefficient (Wildman–Crippen LogP) is 2.33. The van der Waals surface area contributed by atoms with Crippen molar-refractivity contribution in [2.24, 2.45) is 11.1 Å². The molecule has 0 radical (unpaired) electrons. The Labute approximate surface area is 108 Å². The minimum atomic E-state index is -4.33. The van der Waals surface area contributed by atoms with Crippen LogP contribution in [0.5, 0.6) is 0 Å². The molecule has 0 spiro atoms. The van der Waals surface area contributed by atoms with E-state index in [1.54, 1.807) is 0 Å². The normalized spacial score (nSPS) is 25.8. The molecule has 7 heteroatoms. The molecule has 0 aliphatic carbocycles. The van der Waals surface area contributed by atoms with Gasteiger partial charge in [0.05, 0.1) is 0 Å². The van der Waals surface area contributed by atoms with Gasteiger partial charge in [0.2, 0.25) is 0 Å². The van der Waals surface area contributed by atoms with Crippen LogP contribution >= 0.6 is 11.3 Å². The van der Waals surface area contributed by atoms with Crippen LogP contribution in [0, 0.1) is 5.41 Å². The minimum absolute atomic E-state index is 0.0948. The Kier molecular flexibility index (Phi) is 3.66. The molecule has 1 fully saturated rings. The third-order valence-electron chi connectivity index (χ3n) is 3.31. The van der Waals surface area contributed by atoms with Gasteiger partial charge in [-0.1, -0.05) is 6.92 Å². The maximum atomic E-state index is 12.4. The second-order valence-electron chi connectivity index (χ2n) is 5.10. The van der Waals surface area contributed by atoms with E-state index in [0.29, 0.717) is 18.0 Å². The fraction of sp³-hybridized carbons (Fsp3) is 0.727. The van der Waals surface area contributed by atoms with Crippen LogP contribution in [0.2, 0.25) is 0 Å². The van der Waals surface area contributed by atoms with E-state index in [-0.39, 0.29) is 5.41 Å². The van der Waals surface area contributed by atoms with Crippen molar-refractivity contribution in [1.82, 2.24) is 9.88 Å². The molecule has 1 aliphatic heterocycles. The summed E-state index contributed by atoms with van der Waals surface area (Å²) < 4.78 is 37.2.